The highest BCUT2D eigenvalue weighted by Gasteiger charge is 2.26. The van der Waals surface area contributed by atoms with Gasteiger partial charge in [-0.05, 0) is 42.0 Å². The third kappa shape index (κ3) is 4.32. The molecule has 0 aromatic heterocycles. The van der Waals surface area contributed by atoms with Crippen LogP contribution in [0.5, 0.6) is 0 Å². The van der Waals surface area contributed by atoms with Crippen LogP contribution in [-0.4, -0.2) is 24.1 Å². The zero-order valence-electron chi connectivity index (χ0n) is 13.8. The number of nitrogens with zero attached hydrogens (tertiary/aromatic N) is 2. The molecule has 0 radical (unpaired) electrons. The molecule has 0 bridgehead atoms. The number of hydrogen-bond donors (Lipinski definition) is 0. The lowest BCUT2D eigenvalue weighted by atomic mass is 9.87. The van der Waals surface area contributed by atoms with Crippen molar-refractivity contribution in [2.75, 3.05) is 13.1 Å². The van der Waals surface area contributed by atoms with Gasteiger partial charge in [0.25, 0.3) is 0 Å². The van der Waals surface area contributed by atoms with Gasteiger partial charge in [0, 0.05) is 18.1 Å². The maximum absolute atomic E-state index is 12.2. The Morgan fingerprint density at radius 3 is 2.60 bits per heavy atom. The van der Waals surface area contributed by atoms with Gasteiger partial charge in [0.05, 0.1) is 11.6 Å². The molecule has 0 spiro atoms. The largest absolute Gasteiger partial charge is 0.445 e. The monoisotopic (exact) mass is 354 g/mol. The number of piperidine rings is 1. The van der Waals surface area contributed by atoms with Crippen molar-refractivity contribution in [3.8, 4) is 6.07 Å². The summed E-state index contributed by atoms with van der Waals surface area (Å²) in [6.45, 7) is 1.55. The van der Waals surface area contributed by atoms with E-state index in [-0.39, 0.29) is 18.6 Å². The highest BCUT2D eigenvalue weighted by atomic mass is 35.5. The van der Waals surface area contributed by atoms with Gasteiger partial charge in [-0.2, -0.15) is 5.26 Å². The summed E-state index contributed by atoms with van der Waals surface area (Å²) >= 11 is 5.96. The van der Waals surface area contributed by atoms with Gasteiger partial charge < -0.3 is 9.64 Å². The summed E-state index contributed by atoms with van der Waals surface area (Å²) in [5, 5.41) is 9.87. The first kappa shape index (κ1) is 17.3. The maximum atomic E-state index is 12.2. The van der Waals surface area contributed by atoms with Crippen LogP contribution >= 0.6 is 11.6 Å². The fourth-order valence-corrected chi connectivity index (χ4v) is 3.34. The minimum Gasteiger partial charge on any atom is -0.445 e. The SMILES string of the molecule is N#Cc1cc(Cl)ccc1C1CCN(C(=O)OCc2ccccc2)CC1. The number of likely N-dealkylation sites (tertiary alicyclic amines) is 1. The molecule has 1 fully saturated rings. The third-order valence-electron chi connectivity index (χ3n) is 4.53. The summed E-state index contributed by atoms with van der Waals surface area (Å²) in [5.41, 5.74) is 2.62. The van der Waals surface area contributed by atoms with Crippen molar-refractivity contribution in [3.05, 3.63) is 70.2 Å². The van der Waals surface area contributed by atoms with Gasteiger partial charge in [-0.1, -0.05) is 48.0 Å². The number of nitriles is 1. The van der Waals surface area contributed by atoms with E-state index in [4.69, 9.17) is 16.3 Å². The Morgan fingerprint density at radius 1 is 1.20 bits per heavy atom. The predicted octanol–water partition coefficient (Wildman–Crippen LogP) is 4.73. The minimum atomic E-state index is -0.279. The van der Waals surface area contributed by atoms with Gasteiger partial charge in [0.15, 0.2) is 0 Å². The molecule has 2 aromatic carbocycles. The molecule has 1 aliphatic rings. The van der Waals surface area contributed by atoms with Crippen LogP contribution in [0, 0.1) is 11.3 Å². The number of halogens is 1. The number of amides is 1. The smallest absolute Gasteiger partial charge is 0.410 e. The Hall–Kier alpha value is -2.51. The molecule has 0 atom stereocenters. The van der Waals surface area contributed by atoms with Gasteiger partial charge in [0.1, 0.15) is 6.61 Å². The lowest BCUT2D eigenvalue weighted by Crippen LogP contribution is -2.38. The van der Waals surface area contributed by atoms with E-state index in [1.165, 1.54) is 0 Å². The zero-order chi connectivity index (χ0) is 17.6. The fourth-order valence-electron chi connectivity index (χ4n) is 3.16. The maximum Gasteiger partial charge on any atom is 0.410 e. The van der Waals surface area contributed by atoms with Crippen LogP contribution in [0.3, 0.4) is 0 Å². The van der Waals surface area contributed by atoms with E-state index in [9.17, 15) is 10.1 Å². The lowest BCUT2D eigenvalue weighted by Gasteiger charge is -2.31. The molecule has 0 saturated carbocycles. The molecule has 25 heavy (non-hydrogen) atoms. The Bertz CT molecular complexity index is 778. The summed E-state index contributed by atoms with van der Waals surface area (Å²) in [5.74, 6) is 0.269. The molecule has 0 unspecified atom stereocenters. The van der Waals surface area contributed by atoms with Gasteiger partial charge in [-0.15, -0.1) is 0 Å². The van der Waals surface area contributed by atoms with E-state index in [1.807, 2.05) is 42.5 Å². The molecule has 1 amide bonds. The van der Waals surface area contributed by atoms with E-state index in [0.717, 1.165) is 24.0 Å². The van der Waals surface area contributed by atoms with E-state index in [1.54, 1.807) is 11.0 Å². The Morgan fingerprint density at radius 2 is 1.92 bits per heavy atom. The number of carbonyl (C=O) groups excluding carboxylic acids is 1. The highest BCUT2D eigenvalue weighted by Crippen LogP contribution is 2.31. The van der Waals surface area contributed by atoms with E-state index < -0.39 is 0 Å². The van der Waals surface area contributed by atoms with Crippen molar-refractivity contribution < 1.29 is 9.53 Å². The fraction of sp³-hybridized carbons (Fsp3) is 0.300. The molecule has 1 heterocycles. The standard InChI is InChI=1S/C20H19ClN2O2/c21-18-6-7-19(17(12-18)13-22)16-8-10-23(11-9-16)20(24)25-14-15-4-2-1-3-5-15/h1-7,12,16H,8-11,14H2. The molecule has 0 N–H and O–H groups in total. The van der Waals surface area contributed by atoms with Crippen molar-refractivity contribution in [1.82, 2.24) is 4.90 Å². The van der Waals surface area contributed by atoms with Crippen LogP contribution in [0.25, 0.3) is 0 Å². The van der Waals surface area contributed by atoms with E-state index in [0.29, 0.717) is 23.7 Å². The highest BCUT2D eigenvalue weighted by molar-refractivity contribution is 6.30. The topological polar surface area (TPSA) is 53.3 Å². The summed E-state index contributed by atoms with van der Waals surface area (Å²) in [6, 6.07) is 17.3. The summed E-state index contributed by atoms with van der Waals surface area (Å²) in [7, 11) is 0. The summed E-state index contributed by atoms with van der Waals surface area (Å²) in [6.07, 6.45) is 1.35. The minimum absolute atomic E-state index is 0.269. The molecule has 4 nitrogen and oxygen atoms in total. The number of carbonyl (C=O) groups is 1. The Kier molecular flexibility index (Phi) is 5.57. The van der Waals surface area contributed by atoms with Crippen LogP contribution in [-0.2, 0) is 11.3 Å². The van der Waals surface area contributed by atoms with Gasteiger partial charge in [0.2, 0.25) is 0 Å². The molecule has 1 saturated heterocycles. The molecule has 5 heteroatoms. The molecule has 2 aromatic rings. The van der Waals surface area contributed by atoms with Crippen LogP contribution < -0.4 is 0 Å². The Balaban J connectivity index is 1.55. The zero-order valence-corrected chi connectivity index (χ0v) is 14.6. The summed E-state index contributed by atoms with van der Waals surface area (Å²) < 4.78 is 5.39. The molecule has 1 aliphatic heterocycles. The number of benzene rings is 2. The second kappa shape index (κ2) is 8.04. The van der Waals surface area contributed by atoms with Crippen LogP contribution in [0.4, 0.5) is 4.79 Å². The first-order chi connectivity index (χ1) is 12.2. The number of rotatable bonds is 3. The first-order valence-electron chi connectivity index (χ1n) is 8.32. The molecular formula is C20H19ClN2O2. The molecule has 0 aliphatic carbocycles. The van der Waals surface area contributed by atoms with Crippen molar-refractivity contribution in [2.45, 2.75) is 25.4 Å². The van der Waals surface area contributed by atoms with Crippen molar-refractivity contribution in [2.24, 2.45) is 0 Å². The Labute approximate surface area is 152 Å². The van der Waals surface area contributed by atoms with Gasteiger partial charge in [-0.3, -0.25) is 0 Å². The molecule has 128 valence electrons. The average molecular weight is 355 g/mol. The van der Waals surface area contributed by atoms with Crippen LogP contribution in [0.2, 0.25) is 5.02 Å². The van der Waals surface area contributed by atoms with Crippen LogP contribution in [0.15, 0.2) is 48.5 Å². The van der Waals surface area contributed by atoms with Gasteiger partial charge in [-0.25, -0.2) is 4.79 Å². The van der Waals surface area contributed by atoms with Crippen molar-refractivity contribution in [1.29, 1.82) is 5.26 Å². The quantitative estimate of drug-likeness (QED) is 0.800. The second-order valence-electron chi connectivity index (χ2n) is 6.14. The summed E-state index contributed by atoms with van der Waals surface area (Å²) in [4.78, 5) is 14.0. The molecule has 3 rings (SSSR count). The van der Waals surface area contributed by atoms with Crippen molar-refractivity contribution >= 4 is 17.7 Å². The molecular weight excluding hydrogens is 336 g/mol. The lowest BCUT2D eigenvalue weighted by molar-refractivity contribution is 0.0870. The first-order valence-corrected chi connectivity index (χ1v) is 8.70. The van der Waals surface area contributed by atoms with E-state index in [2.05, 4.69) is 6.07 Å². The third-order valence-corrected chi connectivity index (χ3v) is 4.77. The van der Waals surface area contributed by atoms with E-state index >= 15 is 0 Å². The average Bonchev–Trinajstić information content (AvgIpc) is 2.67. The van der Waals surface area contributed by atoms with Crippen LogP contribution in [0.1, 0.15) is 35.4 Å². The second-order valence-corrected chi connectivity index (χ2v) is 6.58. The van der Waals surface area contributed by atoms with Gasteiger partial charge >= 0.3 is 6.09 Å². The predicted molar refractivity (Wildman–Crippen MR) is 96.3 cm³/mol. The normalized spacial score (nSPS) is 14.8. The number of hydrogen-bond acceptors (Lipinski definition) is 3. The van der Waals surface area contributed by atoms with Crippen molar-refractivity contribution in [3.63, 3.8) is 0 Å². The number of ether oxygens (including phenoxy) is 1.